The summed E-state index contributed by atoms with van der Waals surface area (Å²) in [6.45, 7) is 3.84. The molecule has 0 unspecified atom stereocenters. The van der Waals surface area contributed by atoms with E-state index in [4.69, 9.17) is 9.72 Å². The zero-order valence-corrected chi connectivity index (χ0v) is 18.0. The summed E-state index contributed by atoms with van der Waals surface area (Å²) in [6.07, 6.45) is 0. The number of nitrogens with zero attached hydrogens (tertiary/aromatic N) is 4. The molecule has 9 nitrogen and oxygen atoms in total. The summed E-state index contributed by atoms with van der Waals surface area (Å²) < 4.78 is 6.91. The van der Waals surface area contributed by atoms with Gasteiger partial charge in [0.15, 0.2) is 0 Å². The van der Waals surface area contributed by atoms with E-state index in [1.165, 1.54) is 25.3 Å². The highest BCUT2D eigenvalue weighted by atomic mass is 16.6. The number of benzene rings is 2. The number of amides is 1. The molecule has 32 heavy (non-hydrogen) atoms. The van der Waals surface area contributed by atoms with Crippen molar-refractivity contribution in [2.45, 2.75) is 13.8 Å². The molecular weight excluding hydrogens is 410 g/mol. The van der Waals surface area contributed by atoms with Crippen molar-refractivity contribution in [3.8, 4) is 17.0 Å². The smallest absolute Gasteiger partial charge is 0.275 e. The maximum Gasteiger partial charge on any atom is 0.275 e. The second-order valence-electron chi connectivity index (χ2n) is 7.37. The molecular formula is C23H21N5O4. The largest absolute Gasteiger partial charge is 0.496 e. The molecule has 2 heterocycles. The Labute approximate surface area is 183 Å². The van der Waals surface area contributed by atoms with Gasteiger partial charge < -0.3 is 10.1 Å². The minimum atomic E-state index is -0.536. The van der Waals surface area contributed by atoms with Crippen LogP contribution < -0.4 is 10.1 Å². The summed E-state index contributed by atoms with van der Waals surface area (Å²) in [4.78, 5) is 28.8. The monoisotopic (exact) mass is 431 g/mol. The fourth-order valence-corrected chi connectivity index (χ4v) is 3.71. The van der Waals surface area contributed by atoms with E-state index in [0.717, 1.165) is 17.0 Å². The van der Waals surface area contributed by atoms with Gasteiger partial charge in [0.25, 0.3) is 11.6 Å². The first-order chi connectivity index (χ1) is 15.3. The van der Waals surface area contributed by atoms with Gasteiger partial charge in [-0.05, 0) is 26.0 Å². The summed E-state index contributed by atoms with van der Waals surface area (Å²) in [5.74, 6) is -0.136. The van der Waals surface area contributed by atoms with Crippen molar-refractivity contribution >= 4 is 28.2 Å². The van der Waals surface area contributed by atoms with Crippen LogP contribution in [0.15, 0.2) is 48.5 Å². The Morgan fingerprint density at radius 2 is 1.91 bits per heavy atom. The van der Waals surface area contributed by atoms with Crippen LogP contribution in [0.25, 0.3) is 22.2 Å². The summed E-state index contributed by atoms with van der Waals surface area (Å²) in [5, 5.41) is 19.1. The van der Waals surface area contributed by atoms with Crippen LogP contribution in [-0.4, -0.2) is 32.7 Å². The number of aryl methyl sites for hydroxylation is 2. The van der Waals surface area contributed by atoms with Crippen molar-refractivity contribution in [1.82, 2.24) is 14.8 Å². The van der Waals surface area contributed by atoms with Crippen molar-refractivity contribution in [2.75, 3.05) is 12.4 Å². The Kier molecular flexibility index (Phi) is 5.31. The third-order valence-electron chi connectivity index (χ3n) is 5.32. The highest BCUT2D eigenvalue weighted by Crippen LogP contribution is 2.31. The lowest BCUT2D eigenvalue weighted by atomic mass is 10.0. The molecule has 0 saturated heterocycles. The quantitative estimate of drug-likeness (QED) is 0.370. The number of hydrogen-bond donors (Lipinski definition) is 1. The van der Waals surface area contributed by atoms with Crippen molar-refractivity contribution < 1.29 is 14.5 Å². The van der Waals surface area contributed by atoms with E-state index in [0.29, 0.717) is 22.2 Å². The first-order valence-corrected chi connectivity index (χ1v) is 9.83. The van der Waals surface area contributed by atoms with Gasteiger partial charge in [0.2, 0.25) is 0 Å². The fourth-order valence-electron chi connectivity index (χ4n) is 3.71. The average Bonchev–Trinajstić information content (AvgIpc) is 3.03. The summed E-state index contributed by atoms with van der Waals surface area (Å²) >= 11 is 0. The zero-order chi connectivity index (χ0) is 23.0. The molecule has 0 aliphatic heterocycles. The summed E-state index contributed by atoms with van der Waals surface area (Å²) in [5.41, 5.74) is 4.38. The number of nitrogens with one attached hydrogen (secondary N) is 1. The molecule has 4 rings (SSSR count). The normalized spacial score (nSPS) is 10.9. The Morgan fingerprint density at radius 1 is 1.16 bits per heavy atom. The van der Waals surface area contributed by atoms with E-state index in [2.05, 4.69) is 10.4 Å². The molecule has 2 aromatic carbocycles. The number of carbonyl (C=O) groups is 1. The Bertz CT molecular complexity index is 1380. The van der Waals surface area contributed by atoms with Crippen LogP contribution in [0.3, 0.4) is 0 Å². The number of pyridine rings is 1. The maximum absolute atomic E-state index is 13.3. The lowest BCUT2D eigenvalue weighted by Crippen LogP contribution is -2.13. The lowest BCUT2D eigenvalue weighted by molar-refractivity contribution is -0.384. The van der Waals surface area contributed by atoms with E-state index in [-0.39, 0.29) is 17.1 Å². The first kappa shape index (κ1) is 21.0. The van der Waals surface area contributed by atoms with Gasteiger partial charge in [-0.3, -0.25) is 19.6 Å². The van der Waals surface area contributed by atoms with E-state index >= 15 is 0 Å². The number of nitro benzene ring substituents is 1. The van der Waals surface area contributed by atoms with Crippen LogP contribution >= 0.6 is 0 Å². The summed E-state index contributed by atoms with van der Waals surface area (Å²) in [7, 11) is 3.27. The van der Waals surface area contributed by atoms with Crippen molar-refractivity contribution in [1.29, 1.82) is 0 Å². The molecule has 0 radical (unpaired) electrons. The third kappa shape index (κ3) is 3.76. The van der Waals surface area contributed by atoms with Gasteiger partial charge in [-0.25, -0.2) is 4.98 Å². The Hall–Kier alpha value is -4.27. The highest BCUT2D eigenvalue weighted by molar-refractivity contribution is 6.13. The SMILES string of the molecule is COc1cc(NC(=O)c2cc(-c3c(C)nn(C)c3C)nc3ccccc23)cc([N+](=O)[O-])c1. The predicted molar refractivity (Wildman–Crippen MR) is 121 cm³/mol. The molecule has 162 valence electrons. The number of ether oxygens (including phenoxy) is 1. The molecule has 0 aliphatic rings. The van der Waals surface area contributed by atoms with Crippen LogP contribution in [0.2, 0.25) is 0 Å². The molecule has 1 amide bonds. The molecule has 0 aliphatic carbocycles. The number of non-ortho nitro benzene ring substituents is 1. The van der Waals surface area contributed by atoms with Gasteiger partial charge in [-0.2, -0.15) is 5.10 Å². The average molecular weight is 431 g/mol. The van der Waals surface area contributed by atoms with E-state index in [9.17, 15) is 14.9 Å². The number of rotatable bonds is 5. The molecule has 0 saturated carbocycles. The number of para-hydroxylation sites is 1. The number of methoxy groups -OCH3 is 1. The molecule has 0 spiro atoms. The summed E-state index contributed by atoms with van der Waals surface area (Å²) in [6, 6.07) is 13.2. The lowest BCUT2D eigenvalue weighted by Gasteiger charge is -2.12. The second kappa shape index (κ2) is 8.10. The zero-order valence-electron chi connectivity index (χ0n) is 18.0. The minimum absolute atomic E-state index is 0.179. The first-order valence-electron chi connectivity index (χ1n) is 9.83. The van der Waals surface area contributed by atoms with Gasteiger partial charge in [0.1, 0.15) is 5.75 Å². The van der Waals surface area contributed by atoms with E-state index in [1.54, 1.807) is 10.7 Å². The molecule has 4 aromatic rings. The van der Waals surface area contributed by atoms with Crippen LogP contribution in [0.5, 0.6) is 5.75 Å². The number of anilines is 1. The number of aromatic nitrogens is 3. The molecule has 0 fully saturated rings. The number of nitro groups is 1. The Morgan fingerprint density at radius 3 is 2.56 bits per heavy atom. The van der Waals surface area contributed by atoms with Crippen LogP contribution in [0.1, 0.15) is 21.7 Å². The van der Waals surface area contributed by atoms with Gasteiger partial charge in [0.05, 0.1) is 46.3 Å². The predicted octanol–water partition coefficient (Wildman–Crippen LogP) is 4.42. The highest BCUT2D eigenvalue weighted by Gasteiger charge is 2.19. The number of carbonyl (C=O) groups excluding carboxylic acids is 1. The fraction of sp³-hybridized carbons (Fsp3) is 0.174. The molecule has 1 N–H and O–H groups in total. The van der Waals surface area contributed by atoms with Crippen molar-refractivity contribution in [3.05, 3.63) is 75.6 Å². The van der Waals surface area contributed by atoms with Crippen LogP contribution in [0.4, 0.5) is 11.4 Å². The van der Waals surface area contributed by atoms with E-state index in [1.807, 2.05) is 45.2 Å². The molecule has 0 atom stereocenters. The van der Waals surface area contributed by atoms with Gasteiger partial charge in [-0.15, -0.1) is 0 Å². The molecule has 0 bridgehead atoms. The van der Waals surface area contributed by atoms with Crippen LogP contribution in [0, 0.1) is 24.0 Å². The third-order valence-corrected chi connectivity index (χ3v) is 5.32. The van der Waals surface area contributed by atoms with Crippen molar-refractivity contribution in [3.63, 3.8) is 0 Å². The van der Waals surface area contributed by atoms with Crippen LogP contribution in [-0.2, 0) is 7.05 Å². The van der Waals surface area contributed by atoms with Gasteiger partial charge in [0, 0.05) is 35.8 Å². The van der Waals surface area contributed by atoms with Gasteiger partial charge >= 0.3 is 0 Å². The Balaban J connectivity index is 1.83. The standard InChI is InChI=1S/C23H21N5O4/c1-13-22(14(2)27(3)26-13)21-12-19(18-7-5-6-8-20(18)25-21)23(29)24-15-9-16(28(30)31)11-17(10-15)32-4/h5-12H,1-4H3,(H,24,29). The van der Waals surface area contributed by atoms with Gasteiger partial charge in [-0.1, -0.05) is 18.2 Å². The maximum atomic E-state index is 13.3. The van der Waals surface area contributed by atoms with E-state index < -0.39 is 10.8 Å². The number of hydrogen-bond acceptors (Lipinski definition) is 6. The topological polar surface area (TPSA) is 112 Å². The van der Waals surface area contributed by atoms with Crippen molar-refractivity contribution in [2.24, 2.45) is 7.05 Å². The number of fused-ring (bicyclic) bond motifs is 1. The molecule has 9 heteroatoms. The minimum Gasteiger partial charge on any atom is -0.496 e. The second-order valence-corrected chi connectivity index (χ2v) is 7.37. The molecule has 2 aromatic heterocycles.